The van der Waals surface area contributed by atoms with Gasteiger partial charge in [-0.2, -0.15) is 0 Å². The summed E-state index contributed by atoms with van der Waals surface area (Å²) < 4.78 is 4.68. The summed E-state index contributed by atoms with van der Waals surface area (Å²) in [4.78, 5) is 26.9. The number of carbonyl (C=O) groups excluding carboxylic acids is 2. The van der Waals surface area contributed by atoms with Crippen LogP contribution in [0.15, 0.2) is 12.1 Å². The molecule has 1 fully saturated rings. The van der Waals surface area contributed by atoms with Crippen LogP contribution in [0.25, 0.3) is 0 Å². The van der Waals surface area contributed by atoms with Gasteiger partial charge in [-0.25, -0.2) is 4.79 Å². The van der Waals surface area contributed by atoms with E-state index in [2.05, 4.69) is 10.1 Å². The Hall–Kier alpha value is -1.56. The lowest BCUT2D eigenvalue weighted by atomic mass is 10.1. The highest BCUT2D eigenvalue weighted by Gasteiger charge is 2.24. The second kappa shape index (κ2) is 6.06. The van der Waals surface area contributed by atoms with E-state index in [0.717, 1.165) is 22.6 Å². The second-order valence-electron chi connectivity index (χ2n) is 4.62. The van der Waals surface area contributed by atoms with E-state index in [1.54, 1.807) is 4.90 Å². The quantitative estimate of drug-likeness (QED) is 0.902. The molecular formula is C13H18N2O3S. The Labute approximate surface area is 116 Å². The molecule has 1 aromatic rings. The lowest BCUT2D eigenvalue weighted by Gasteiger charge is -2.31. The fourth-order valence-electron chi connectivity index (χ4n) is 2.15. The first-order valence-corrected chi connectivity index (χ1v) is 7.12. The average molecular weight is 282 g/mol. The maximum absolute atomic E-state index is 12.0. The molecule has 0 aliphatic carbocycles. The van der Waals surface area contributed by atoms with E-state index in [9.17, 15) is 9.59 Å². The molecule has 1 saturated heterocycles. The van der Waals surface area contributed by atoms with Gasteiger partial charge in [0.15, 0.2) is 0 Å². The van der Waals surface area contributed by atoms with Crippen molar-refractivity contribution in [2.24, 2.45) is 0 Å². The number of hydrogen-bond donors (Lipinski definition) is 1. The van der Waals surface area contributed by atoms with Crippen LogP contribution < -0.4 is 5.32 Å². The predicted molar refractivity (Wildman–Crippen MR) is 73.5 cm³/mol. The maximum atomic E-state index is 12.0. The molecule has 1 aliphatic heterocycles. The molecule has 0 unspecified atom stereocenters. The first-order chi connectivity index (χ1) is 9.10. The predicted octanol–water partition coefficient (Wildman–Crippen LogP) is 2.02. The molecule has 2 heterocycles. The first-order valence-electron chi connectivity index (χ1n) is 6.30. The van der Waals surface area contributed by atoms with E-state index in [1.165, 1.54) is 18.4 Å². The van der Waals surface area contributed by atoms with Gasteiger partial charge in [0.2, 0.25) is 0 Å². The van der Waals surface area contributed by atoms with Crippen molar-refractivity contribution in [3.63, 3.8) is 0 Å². The van der Waals surface area contributed by atoms with Crippen LogP contribution in [-0.2, 0) is 4.74 Å². The molecule has 0 aromatic carbocycles. The summed E-state index contributed by atoms with van der Waals surface area (Å²) in [7, 11) is 1.38. The van der Waals surface area contributed by atoms with Gasteiger partial charge in [0.05, 0.1) is 12.0 Å². The Morgan fingerprint density at radius 1 is 1.37 bits per heavy atom. The van der Waals surface area contributed by atoms with Gasteiger partial charge in [-0.3, -0.25) is 4.79 Å². The molecule has 2 amide bonds. The fourth-order valence-corrected chi connectivity index (χ4v) is 2.92. The average Bonchev–Trinajstić information content (AvgIpc) is 2.85. The summed E-state index contributed by atoms with van der Waals surface area (Å²) in [5, 5.41) is 3.02. The zero-order chi connectivity index (χ0) is 13.8. The number of hydrogen-bond acceptors (Lipinski definition) is 4. The van der Waals surface area contributed by atoms with E-state index in [4.69, 9.17) is 0 Å². The third-order valence-electron chi connectivity index (χ3n) is 3.23. The largest absolute Gasteiger partial charge is 0.453 e. The normalized spacial score (nSPS) is 16.2. The Balaban J connectivity index is 1.82. The zero-order valence-corrected chi connectivity index (χ0v) is 12.0. The monoisotopic (exact) mass is 282 g/mol. The van der Waals surface area contributed by atoms with Crippen molar-refractivity contribution in [2.45, 2.75) is 25.8 Å². The van der Waals surface area contributed by atoms with Crippen molar-refractivity contribution in [1.82, 2.24) is 10.2 Å². The standard InChI is InChI=1S/C13H18N2O3S/c1-9-3-4-11(19-9)12(16)14-10-5-7-15(8-6-10)13(17)18-2/h3-4,10H,5-8H2,1-2H3,(H,14,16). The molecule has 2 rings (SSSR count). The Kier molecular flexibility index (Phi) is 4.42. The number of carbonyl (C=O) groups is 2. The zero-order valence-electron chi connectivity index (χ0n) is 11.1. The van der Waals surface area contributed by atoms with Gasteiger partial charge in [0.25, 0.3) is 5.91 Å². The van der Waals surface area contributed by atoms with Gasteiger partial charge in [-0.05, 0) is 31.9 Å². The van der Waals surface area contributed by atoms with E-state index in [0.29, 0.717) is 13.1 Å². The van der Waals surface area contributed by atoms with Gasteiger partial charge < -0.3 is 15.0 Å². The SMILES string of the molecule is COC(=O)N1CCC(NC(=O)c2ccc(C)s2)CC1. The van der Waals surface area contributed by atoms with Gasteiger partial charge >= 0.3 is 6.09 Å². The van der Waals surface area contributed by atoms with Crippen LogP contribution in [0.4, 0.5) is 4.79 Å². The second-order valence-corrected chi connectivity index (χ2v) is 5.90. The van der Waals surface area contributed by atoms with Crippen LogP contribution in [0.1, 0.15) is 27.4 Å². The molecule has 0 atom stereocenters. The van der Waals surface area contributed by atoms with Gasteiger partial charge in [-0.1, -0.05) is 0 Å². The molecule has 1 aromatic heterocycles. The fraction of sp³-hybridized carbons (Fsp3) is 0.538. The maximum Gasteiger partial charge on any atom is 0.409 e. The van der Waals surface area contributed by atoms with Crippen LogP contribution in [0.2, 0.25) is 0 Å². The minimum Gasteiger partial charge on any atom is -0.453 e. The Morgan fingerprint density at radius 3 is 2.58 bits per heavy atom. The lowest BCUT2D eigenvalue weighted by molar-refractivity contribution is 0.0896. The van der Waals surface area contributed by atoms with Gasteiger partial charge in [-0.15, -0.1) is 11.3 Å². The molecule has 0 radical (unpaired) electrons. The third-order valence-corrected chi connectivity index (χ3v) is 4.23. The van der Waals surface area contributed by atoms with Crippen LogP contribution in [0, 0.1) is 6.92 Å². The van der Waals surface area contributed by atoms with Crippen molar-refractivity contribution in [2.75, 3.05) is 20.2 Å². The number of piperidine rings is 1. The van der Waals surface area contributed by atoms with E-state index in [1.807, 2.05) is 19.1 Å². The minimum absolute atomic E-state index is 0.0189. The number of rotatable bonds is 2. The highest BCUT2D eigenvalue weighted by molar-refractivity contribution is 7.13. The smallest absolute Gasteiger partial charge is 0.409 e. The summed E-state index contributed by atoms with van der Waals surface area (Å²) >= 11 is 1.50. The van der Waals surface area contributed by atoms with Crippen molar-refractivity contribution in [1.29, 1.82) is 0 Å². The van der Waals surface area contributed by atoms with Crippen molar-refractivity contribution < 1.29 is 14.3 Å². The molecular weight excluding hydrogens is 264 g/mol. The van der Waals surface area contributed by atoms with Crippen LogP contribution in [0.5, 0.6) is 0 Å². The van der Waals surface area contributed by atoms with Gasteiger partial charge in [0, 0.05) is 24.0 Å². The Bertz CT molecular complexity index is 464. The minimum atomic E-state index is -0.293. The summed E-state index contributed by atoms with van der Waals surface area (Å²) in [5.41, 5.74) is 0. The van der Waals surface area contributed by atoms with E-state index < -0.39 is 0 Å². The molecule has 104 valence electrons. The summed E-state index contributed by atoms with van der Waals surface area (Å²) in [6.45, 7) is 3.23. The summed E-state index contributed by atoms with van der Waals surface area (Å²) in [5.74, 6) is -0.0189. The number of ether oxygens (including phenoxy) is 1. The molecule has 1 aliphatic rings. The highest BCUT2D eigenvalue weighted by Crippen LogP contribution is 2.17. The molecule has 19 heavy (non-hydrogen) atoms. The number of likely N-dealkylation sites (tertiary alicyclic amines) is 1. The number of amides is 2. The summed E-state index contributed by atoms with van der Waals surface area (Å²) in [6.07, 6.45) is 1.25. The van der Waals surface area contributed by atoms with Crippen molar-refractivity contribution in [3.8, 4) is 0 Å². The Morgan fingerprint density at radius 2 is 2.05 bits per heavy atom. The molecule has 0 bridgehead atoms. The molecule has 6 heteroatoms. The topological polar surface area (TPSA) is 58.6 Å². The molecule has 1 N–H and O–H groups in total. The highest BCUT2D eigenvalue weighted by atomic mass is 32.1. The number of nitrogens with one attached hydrogen (secondary N) is 1. The van der Waals surface area contributed by atoms with Gasteiger partial charge in [0.1, 0.15) is 0 Å². The number of methoxy groups -OCH3 is 1. The molecule has 0 spiro atoms. The van der Waals surface area contributed by atoms with Crippen LogP contribution >= 0.6 is 11.3 Å². The van der Waals surface area contributed by atoms with Crippen LogP contribution in [-0.4, -0.2) is 43.1 Å². The molecule has 0 saturated carbocycles. The third kappa shape index (κ3) is 3.47. The van der Waals surface area contributed by atoms with Crippen molar-refractivity contribution >= 4 is 23.3 Å². The number of nitrogens with zero attached hydrogens (tertiary/aromatic N) is 1. The van der Waals surface area contributed by atoms with Crippen molar-refractivity contribution in [3.05, 3.63) is 21.9 Å². The summed E-state index contributed by atoms with van der Waals surface area (Å²) in [6, 6.07) is 3.93. The first kappa shape index (κ1) is 13.9. The van der Waals surface area contributed by atoms with E-state index in [-0.39, 0.29) is 18.0 Å². The van der Waals surface area contributed by atoms with Crippen LogP contribution in [0.3, 0.4) is 0 Å². The van der Waals surface area contributed by atoms with E-state index >= 15 is 0 Å². The molecule has 5 nitrogen and oxygen atoms in total. The number of aryl methyl sites for hydroxylation is 1. The number of thiophene rings is 1. The lowest BCUT2D eigenvalue weighted by Crippen LogP contribution is -2.46.